The summed E-state index contributed by atoms with van der Waals surface area (Å²) in [5, 5.41) is 11.7. The Labute approximate surface area is 121 Å². The van der Waals surface area contributed by atoms with E-state index >= 15 is 0 Å². The third-order valence-electron chi connectivity index (χ3n) is 4.15. The molecule has 0 saturated heterocycles. The third kappa shape index (κ3) is 5.39. The van der Waals surface area contributed by atoms with E-state index in [0.717, 1.165) is 0 Å². The Kier molecular flexibility index (Phi) is 6.30. The van der Waals surface area contributed by atoms with Crippen LogP contribution in [0, 0.1) is 5.41 Å². The van der Waals surface area contributed by atoms with Gasteiger partial charge in [0.05, 0.1) is 0 Å². The van der Waals surface area contributed by atoms with Crippen molar-refractivity contribution in [3.63, 3.8) is 0 Å². The van der Waals surface area contributed by atoms with E-state index < -0.39 is 5.97 Å². The number of aliphatic carboxylic acids is 1. The van der Waals surface area contributed by atoms with Crippen LogP contribution in [0.2, 0.25) is 0 Å². The van der Waals surface area contributed by atoms with Gasteiger partial charge in [0.2, 0.25) is 0 Å². The predicted molar refractivity (Wildman–Crippen MR) is 78.7 cm³/mol. The first kappa shape index (κ1) is 16.8. The summed E-state index contributed by atoms with van der Waals surface area (Å²) in [4.78, 5) is 24.5. The molecule has 0 aromatic rings. The quantitative estimate of drug-likeness (QED) is 0.755. The largest absolute Gasteiger partial charge is 0.481 e. The lowest BCUT2D eigenvalue weighted by atomic mass is 9.89. The van der Waals surface area contributed by atoms with Crippen LogP contribution in [-0.4, -0.2) is 41.1 Å². The van der Waals surface area contributed by atoms with Crippen molar-refractivity contribution >= 4 is 12.0 Å². The predicted octanol–water partition coefficient (Wildman–Crippen LogP) is 2.85. The monoisotopic (exact) mass is 284 g/mol. The van der Waals surface area contributed by atoms with Gasteiger partial charge in [-0.25, -0.2) is 4.79 Å². The van der Waals surface area contributed by atoms with Crippen molar-refractivity contribution in [2.24, 2.45) is 5.41 Å². The van der Waals surface area contributed by atoms with Crippen LogP contribution in [0.1, 0.15) is 59.3 Å². The van der Waals surface area contributed by atoms with Crippen molar-refractivity contribution in [3.05, 3.63) is 0 Å². The van der Waals surface area contributed by atoms with Gasteiger partial charge in [-0.1, -0.05) is 19.8 Å². The smallest absolute Gasteiger partial charge is 0.317 e. The van der Waals surface area contributed by atoms with E-state index in [4.69, 9.17) is 5.11 Å². The van der Waals surface area contributed by atoms with Gasteiger partial charge in [-0.3, -0.25) is 4.79 Å². The molecule has 0 unspecified atom stereocenters. The molecule has 1 fully saturated rings. The number of carboxylic acids is 1. The Morgan fingerprint density at radius 3 is 2.40 bits per heavy atom. The first-order valence-electron chi connectivity index (χ1n) is 7.60. The average molecular weight is 284 g/mol. The fourth-order valence-electron chi connectivity index (χ4n) is 2.79. The molecule has 1 rings (SSSR count). The van der Waals surface area contributed by atoms with E-state index in [0.29, 0.717) is 19.5 Å². The number of hydrogen-bond donors (Lipinski definition) is 2. The molecule has 0 atom stereocenters. The molecular weight excluding hydrogens is 256 g/mol. The second kappa shape index (κ2) is 7.50. The van der Waals surface area contributed by atoms with E-state index in [9.17, 15) is 9.59 Å². The Hall–Kier alpha value is -1.26. The summed E-state index contributed by atoms with van der Waals surface area (Å²) < 4.78 is 0. The van der Waals surface area contributed by atoms with Crippen LogP contribution < -0.4 is 5.32 Å². The average Bonchev–Trinajstić information content (AvgIpc) is 2.78. The molecular formula is C15H28N2O3. The van der Waals surface area contributed by atoms with E-state index in [1.807, 2.05) is 13.8 Å². The summed E-state index contributed by atoms with van der Waals surface area (Å²) in [5.41, 5.74) is 0.235. The van der Waals surface area contributed by atoms with Crippen LogP contribution in [0.25, 0.3) is 0 Å². The summed E-state index contributed by atoms with van der Waals surface area (Å²) in [7, 11) is 0. The molecule has 20 heavy (non-hydrogen) atoms. The number of amides is 2. The second-order valence-electron chi connectivity index (χ2n) is 6.46. The molecule has 116 valence electrons. The molecule has 2 N–H and O–H groups in total. The van der Waals surface area contributed by atoms with Crippen molar-refractivity contribution in [1.29, 1.82) is 0 Å². The molecule has 0 aliphatic heterocycles. The Bertz CT molecular complexity index is 336. The van der Waals surface area contributed by atoms with Crippen LogP contribution in [-0.2, 0) is 4.79 Å². The highest BCUT2D eigenvalue weighted by Gasteiger charge is 2.29. The first-order valence-corrected chi connectivity index (χ1v) is 7.60. The Morgan fingerprint density at radius 2 is 1.90 bits per heavy atom. The molecule has 5 nitrogen and oxygen atoms in total. The lowest BCUT2D eigenvalue weighted by molar-refractivity contribution is -0.137. The number of rotatable bonds is 7. The molecule has 0 spiro atoms. The fourth-order valence-corrected chi connectivity index (χ4v) is 2.79. The highest BCUT2D eigenvalue weighted by Crippen LogP contribution is 2.36. The molecule has 5 heteroatoms. The van der Waals surface area contributed by atoms with Crippen LogP contribution in [0.15, 0.2) is 0 Å². The zero-order valence-corrected chi connectivity index (χ0v) is 12.9. The number of hydrogen-bond acceptors (Lipinski definition) is 2. The Balaban J connectivity index is 2.41. The van der Waals surface area contributed by atoms with E-state index in [2.05, 4.69) is 12.2 Å². The normalized spacial score (nSPS) is 17.2. The van der Waals surface area contributed by atoms with Crippen molar-refractivity contribution in [2.45, 2.75) is 65.3 Å². The highest BCUT2D eigenvalue weighted by atomic mass is 16.4. The topological polar surface area (TPSA) is 69.6 Å². The van der Waals surface area contributed by atoms with E-state index in [-0.39, 0.29) is 23.9 Å². The van der Waals surface area contributed by atoms with Crippen LogP contribution in [0.4, 0.5) is 4.79 Å². The van der Waals surface area contributed by atoms with Gasteiger partial charge in [0.25, 0.3) is 0 Å². The zero-order valence-electron chi connectivity index (χ0n) is 12.9. The molecule has 0 aromatic carbocycles. The maximum Gasteiger partial charge on any atom is 0.317 e. The zero-order chi connectivity index (χ0) is 15.2. The molecule has 2 amide bonds. The van der Waals surface area contributed by atoms with Crippen molar-refractivity contribution in [3.8, 4) is 0 Å². The molecule has 1 saturated carbocycles. The summed E-state index contributed by atoms with van der Waals surface area (Å²) in [6, 6.07) is 0.0127. The number of carbonyl (C=O) groups is 2. The van der Waals surface area contributed by atoms with Gasteiger partial charge < -0.3 is 15.3 Å². The van der Waals surface area contributed by atoms with Gasteiger partial charge in [0.15, 0.2) is 0 Å². The van der Waals surface area contributed by atoms with Crippen molar-refractivity contribution in [2.75, 3.05) is 13.1 Å². The number of carboxylic acid groups (broad SMARTS) is 1. The standard InChI is InChI=1S/C15H28N2O3/c1-12(2)17(10-6-7-13(18)19)14(20)16-11-15(3)8-4-5-9-15/h12H,4-11H2,1-3H3,(H,16,20)(H,18,19). The lowest BCUT2D eigenvalue weighted by Crippen LogP contribution is -2.47. The molecule has 1 aliphatic rings. The van der Waals surface area contributed by atoms with E-state index in [1.165, 1.54) is 25.7 Å². The minimum atomic E-state index is -0.812. The fraction of sp³-hybridized carbons (Fsp3) is 0.867. The summed E-state index contributed by atoms with van der Waals surface area (Å²) in [6.07, 6.45) is 5.45. The van der Waals surface area contributed by atoms with Gasteiger partial charge in [-0.05, 0) is 38.5 Å². The number of carbonyl (C=O) groups excluding carboxylic acids is 1. The minimum Gasteiger partial charge on any atom is -0.481 e. The molecule has 0 radical (unpaired) electrons. The number of urea groups is 1. The maximum atomic E-state index is 12.2. The number of nitrogens with one attached hydrogen (secondary N) is 1. The molecule has 0 aromatic heterocycles. The molecule has 1 aliphatic carbocycles. The summed E-state index contributed by atoms with van der Waals surface area (Å²) >= 11 is 0. The summed E-state index contributed by atoms with van der Waals surface area (Å²) in [5.74, 6) is -0.812. The second-order valence-corrected chi connectivity index (χ2v) is 6.46. The molecule has 0 bridgehead atoms. The minimum absolute atomic E-state index is 0.0708. The van der Waals surface area contributed by atoms with E-state index in [1.54, 1.807) is 4.90 Å². The van der Waals surface area contributed by atoms with Gasteiger partial charge in [0, 0.05) is 25.6 Å². The van der Waals surface area contributed by atoms with Crippen molar-refractivity contribution < 1.29 is 14.7 Å². The van der Waals surface area contributed by atoms with Gasteiger partial charge >= 0.3 is 12.0 Å². The van der Waals surface area contributed by atoms with Crippen LogP contribution in [0.3, 0.4) is 0 Å². The van der Waals surface area contributed by atoms with Gasteiger partial charge in [-0.15, -0.1) is 0 Å². The van der Waals surface area contributed by atoms with Crippen LogP contribution in [0.5, 0.6) is 0 Å². The van der Waals surface area contributed by atoms with Crippen molar-refractivity contribution in [1.82, 2.24) is 10.2 Å². The van der Waals surface area contributed by atoms with Crippen LogP contribution >= 0.6 is 0 Å². The highest BCUT2D eigenvalue weighted by molar-refractivity contribution is 5.74. The molecule has 0 heterocycles. The first-order chi connectivity index (χ1) is 9.34. The lowest BCUT2D eigenvalue weighted by Gasteiger charge is -2.30. The maximum absolute atomic E-state index is 12.2. The number of nitrogens with zero attached hydrogens (tertiary/aromatic N) is 1. The van der Waals surface area contributed by atoms with Gasteiger partial charge in [-0.2, -0.15) is 0 Å². The SMILES string of the molecule is CC(C)N(CCCC(=O)O)C(=O)NCC1(C)CCCC1. The Morgan fingerprint density at radius 1 is 1.30 bits per heavy atom. The third-order valence-corrected chi connectivity index (χ3v) is 4.15. The summed E-state index contributed by atoms with van der Waals surface area (Å²) in [6.45, 7) is 7.35. The van der Waals surface area contributed by atoms with Gasteiger partial charge in [0.1, 0.15) is 0 Å².